The van der Waals surface area contributed by atoms with E-state index in [2.05, 4.69) is 0 Å². The molecule has 30 heavy (non-hydrogen) atoms. The van der Waals surface area contributed by atoms with Crippen LogP contribution < -0.4 is 0 Å². The van der Waals surface area contributed by atoms with Gasteiger partial charge in [0.25, 0.3) is 0 Å². The highest BCUT2D eigenvalue weighted by molar-refractivity contribution is 5.88. The topological polar surface area (TPSA) is 93.1 Å². The number of aliphatic carboxylic acids is 1. The molecule has 1 aliphatic carbocycles. The summed E-state index contributed by atoms with van der Waals surface area (Å²) in [6, 6.07) is 14.7. The van der Waals surface area contributed by atoms with Crippen LogP contribution in [0.3, 0.4) is 0 Å². The molecule has 0 radical (unpaired) electrons. The number of amides is 1. The first-order valence-electron chi connectivity index (χ1n) is 10.0. The Hall–Kier alpha value is -3.35. The van der Waals surface area contributed by atoms with Gasteiger partial charge in [-0.25, -0.2) is 9.59 Å². The van der Waals surface area contributed by atoms with Crippen molar-refractivity contribution in [1.29, 1.82) is 0 Å². The highest BCUT2D eigenvalue weighted by atomic mass is 16.6. The second-order valence-electron chi connectivity index (χ2n) is 7.43. The number of fused-ring (bicyclic) bond motifs is 3. The predicted octanol–water partition coefficient (Wildman–Crippen LogP) is 3.27. The molecule has 4 rings (SSSR count). The lowest BCUT2D eigenvalue weighted by Gasteiger charge is -2.24. The van der Waals surface area contributed by atoms with Crippen molar-refractivity contribution in [2.75, 3.05) is 19.8 Å². The molecule has 2 unspecified atom stereocenters. The van der Waals surface area contributed by atoms with E-state index in [-0.39, 0.29) is 32.1 Å². The molecule has 2 atom stereocenters. The maximum absolute atomic E-state index is 12.8. The van der Waals surface area contributed by atoms with Crippen LogP contribution >= 0.6 is 0 Å². The van der Waals surface area contributed by atoms with Gasteiger partial charge in [-0.2, -0.15) is 0 Å². The summed E-state index contributed by atoms with van der Waals surface area (Å²) in [7, 11) is 0. The summed E-state index contributed by atoms with van der Waals surface area (Å²) in [6.45, 7) is 2.05. The lowest BCUT2D eigenvalue weighted by molar-refractivity contribution is -0.155. The van der Waals surface area contributed by atoms with Crippen LogP contribution in [-0.4, -0.2) is 53.8 Å². The van der Waals surface area contributed by atoms with Gasteiger partial charge in [0.1, 0.15) is 12.6 Å². The van der Waals surface area contributed by atoms with Gasteiger partial charge in [0.2, 0.25) is 0 Å². The minimum Gasteiger partial charge on any atom is -0.480 e. The average molecular weight is 409 g/mol. The second-order valence-corrected chi connectivity index (χ2v) is 7.43. The number of hydrogen-bond donors (Lipinski definition) is 1. The normalized spacial score (nSPS) is 19.8. The molecule has 0 saturated carbocycles. The Kier molecular flexibility index (Phi) is 5.44. The predicted molar refractivity (Wildman–Crippen MR) is 108 cm³/mol. The first-order valence-corrected chi connectivity index (χ1v) is 10.0. The van der Waals surface area contributed by atoms with E-state index in [9.17, 15) is 19.5 Å². The largest absolute Gasteiger partial charge is 0.480 e. The van der Waals surface area contributed by atoms with Crippen molar-refractivity contribution in [2.45, 2.75) is 25.3 Å². The fraction of sp³-hybridized carbons (Fsp3) is 0.348. The quantitative estimate of drug-likeness (QED) is 0.762. The van der Waals surface area contributed by atoms with Crippen molar-refractivity contribution in [2.24, 2.45) is 5.92 Å². The Morgan fingerprint density at radius 3 is 2.17 bits per heavy atom. The van der Waals surface area contributed by atoms with Crippen LogP contribution in [0.15, 0.2) is 48.5 Å². The summed E-state index contributed by atoms with van der Waals surface area (Å²) in [4.78, 5) is 37.7. The minimum absolute atomic E-state index is 0.0970. The van der Waals surface area contributed by atoms with Crippen LogP contribution in [0.25, 0.3) is 11.1 Å². The van der Waals surface area contributed by atoms with Gasteiger partial charge < -0.3 is 14.6 Å². The Labute approximate surface area is 174 Å². The van der Waals surface area contributed by atoms with Gasteiger partial charge in [0.05, 0.1) is 12.5 Å². The Morgan fingerprint density at radius 1 is 1.00 bits per heavy atom. The molecule has 7 nitrogen and oxygen atoms in total. The number of benzene rings is 2. The van der Waals surface area contributed by atoms with E-state index >= 15 is 0 Å². The molecule has 1 fully saturated rings. The van der Waals surface area contributed by atoms with Crippen molar-refractivity contribution in [3.8, 4) is 11.1 Å². The van der Waals surface area contributed by atoms with Crippen LogP contribution in [0.1, 0.15) is 30.4 Å². The highest BCUT2D eigenvalue weighted by Crippen LogP contribution is 2.44. The zero-order chi connectivity index (χ0) is 21.3. The maximum Gasteiger partial charge on any atom is 0.410 e. The first-order chi connectivity index (χ1) is 14.5. The minimum atomic E-state index is -1.28. The van der Waals surface area contributed by atoms with Crippen LogP contribution in [0.4, 0.5) is 4.79 Å². The number of likely N-dealkylation sites (tertiary alicyclic amines) is 1. The van der Waals surface area contributed by atoms with Crippen LogP contribution in [0.5, 0.6) is 0 Å². The van der Waals surface area contributed by atoms with Gasteiger partial charge in [-0.05, 0) is 35.6 Å². The summed E-state index contributed by atoms with van der Waals surface area (Å²) in [5, 5.41) is 9.60. The molecule has 2 aromatic carbocycles. The van der Waals surface area contributed by atoms with Crippen LogP contribution in [0, 0.1) is 5.92 Å². The lowest BCUT2D eigenvalue weighted by Crippen LogP contribution is -2.45. The fourth-order valence-corrected chi connectivity index (χ4v) is 4.48. The molecule has 2 aliphatic rings. The third kappa shape index (κ3) is 3.40. The van der Waals surface area contributed by atoms with Gasteiger partial charge >= 0.3 is 18.0 Å². The third-order valence-electron chi connectivity index (χ3n) is 5.81. The molecular formula is C23H23NO6. The van der Waals surface area contributed by atoms with Crippen molar-refractivity contribution in [3.63, 3.8) is 0 Å². The molecule has 1 saturated heterocycles. The summed E-state index contributed by atoms with van der Waals surface area (Å²) in [6.07, 6.45) is -0.490. The maximum atomic E-state index is 12.8. The molecule has 0 spiro atoms. The molecule has 156 valence electrons. The molecule has 1 N–H and O–H groups in total. The van der Waals surface area contributed by atoms with E-state index in [1.54, 1.807) is 6.92 Å². The number of nitrogens with zero attached hydrogens (tertiary/aromatic N) is 1. The number of esters is 1. The molecule has 0 aromatic heterocycles. The Bertz CT molecular complexity index is 942. The van der Waals surface area contributed by atoms with Gasteiger partial charge in [-0.15, -0.1) is 0 Å². The summed E-state index contributed by atoms with van der Waals surface area (Å²) >= 11 is 0. The van der Waals surface area contributed by atoms with Crippen molar-refractivity contribution < 1.29 is 29.0 Å². The molecule has 1 heterocycles. The summed E-state index contributed by atoms with van der Waals surface area (Å²) < 4.78 is 10.5. The molecule has 2 aromatic rings. The average Bonchev–Trinajstić information content (AvgIpc) is 3.33. The second kappa shape index (κ2) is 8.18. The zero-order valence-electron chi connectivity index (χ0n) is 16.6. The Morgan fingerprint density at radius 2 is 1.60 bits per heavy atom. The number of carbonyl (C=O) groups excluding carboxylic acids is 2. The standard InChI is InChI=1S/C23H23NO6/c1-2-29-22(27)18-11-12-24(20(18)21(25)26)23(28)30-13-19-16-9-5-3-7-14(16)15-8-4-6-10-17(15)19/h3-10,18-20H,2,11-13H2,1H3,(H,25,26). The smallest absolute Gasteiger partial charge is 0.410 e. The molecule has 0 bridgehead atoms. The number of rotatable bonds is 5. The van der Waals surface area contributed by atoms with Gasteiger partial charge in [-0.3, -0.25) is 9.69 Å². The van der Waals surface area contributed by atoms with Crippen molar-refractivity contribution >= 4 is 18.0 Å². The molecule has 1 amide bonds. The van der Waals surface area contributed by atoms with E-state index in [0.29, 0.717) is 0 Å². The van der Waals surface area contributed by atoms with Crippen molar-refractivity contribution in [3.05, 3.63) is 59.7 Å². The number of carbonyl (C=O) groups is 3. The third-order valence-corrected chi connectivity index (χ3v) is 5.81. The number of ether oxygens (including phenoxy) is 2. The lowest BCUT2D eigenvalue weighted by atomic mass is 9.98. The van der Waals surface area contributed by atoms with E-state index in [1.165, 1.54) is 0 Å². The zero-order valence-corrected chi connectivity index (χ0v) is 16.6. The van der Waals surface area contributed by atoms with E-state index in [1.807, 2.05) is 48.5 Å². The molecule has 1 aliphatic heterocycles. The summed E-state index contributed by atoms with van der Waals surface area (Å²) in [5.74, 6) is -2.84. The SMILES string of the molecule is CCOC(=O)C1CCN(C(=O)OCC2c3ccccc3-c3ccccc32)C1C(=O)O. The van der Waals surface area contributed by atoms with Crippen LogP contribution in [-0.2, 0) is 19.1 Å². The van der Waals surface area contributed by atoms with Gasteiger partial charge in [-0.1, -0.05) is 48.5 Å². The van der Waals surface area contributed by atoms with Crippen molar-refractivity contribution in [1.82, 2.24) is 4.90 Å². The monoisotopic (exact) mass is 409 g/mol. The molecule has 7 heteroatoms. The summed E-state index contributed by atoms with van der Waals surface area (Å²) in [5.41, 5.74) is 4.38. The van der Waals surface area contributed by atoms with Gasteiger partial charge in [0, 0.05) is 12.5 Å². The molecular weight excluding hydrogens is 386 g/mol. The van der Waals surface area contributed by atoms with E-state index in [0.717, 1.165) is 27.2 Å². The highest BCUT2D eigenvalue weighted by Gasteiger charge is 2.47. The van der Waals surface area contributed by atoms with E-state index < -0.39 is 30.0 Å². The number of carboxylic acids is 1. The fourth-order valence-electron chi connectivity index (χ4n) is 4.48. The van der Waals surface area contributed by atoms with Gasteiger partial charge in [0.15, 0.2) is 0 Å². The Balaban J connectivity index is 1.50. The number of carboxylic acid groups (broad SMARTS) is 1. The van der Waals surface area contributed by atoms with Crippen LogP contribution in [0.2, 0.25) is 0 Å². The first kappa shape index (κ1) is 19.9. The van der Waals surface area contributed by atoms with E-state index in [4.69, 9.17) is 9.47 Å². The number of hydrogen-bond acceptors (Lipinski definition) is 5.